The zero-order valence-corrected chi connectivity index (χ0v) is 18.0. The molecule has 0 spiro atoms. The van der Waals surface area contributed by atoms with Crippen molar-refractivity contribution >= 4 is 28.9 Å². The molecule has 0 fully saturated rings. The van der Waals surface area contributed by atoms with E-state index in [9.17, 15) is 9.59 Å². The van der Waals surface area contributed by atoms with Crippen molar-refractivity contribution in [2.75, 3.05) is 35.7 Å². The topological polar surface area (TPSA) is 88.7 Å². The quantitative estimate of drug-likeness (QED) is 0.386. The highest BCUT2D eigenvalue weighted by Crippen LogP contribution is 2.17. The molecule has 0 unspecified atom stereocenters. The van der Waals surface area contributed by atoms with Gasteiger partial charge in [-0.05, 0) is 54.6 Å². The molecule has 32 heavy (non-hydrogen) atoms. The lowest BCUT2D eigenvalue weighted by Crippen LogP contribution is -2.21. The summed E-state index contributed by atoms with van der Waals surface area (Å²) in [7, 11) is 0. The van der Waals surface area contributed by atoms with Gasteiger partial charge in [0.2, 0.25) is 11.8 Å². The normalized spacial score (nSPS) is 10.2. The first kappa shape index (κ1) is 22.7. The second-order valence-corrected chi connectivity index (χ2v) is 6.92. The number of para-hydroxylation sites is 1. The highest BCUT2D eigenvalue weighted by molar-refractivity contribution is 5.94. The summed E-state index contributed by atoms with van der Waals surface area (Å²) in [5, 5.41) is 8.68. The van der Waals surface area contributed by atoms with Crippen LogP contribution in [-0.2, 0) is 9.59 Å². The molecule has 0 bridgehead atoms. The van der Waals surface area contributed by atoms with Crippen LogP contribution in [0.4, 0.5) is 17.1 Å². The van der Waals surface area contributed by atoms with Crippen LogP contribution in [0, 0.1) is 0 Å². The molecule has 3 N–H and O–H groups in total. The molecule has 0 aromatic heterocycles. The molecule has 3 aromatic rings. The number of benzene rings is 3. The number of anilines is 3. The van der Waals surface area contributed by atoms with Crippen molar-refractivity contribution in [3.8, 4) is 11.5 Å². The average molecular weight is 434 g/mol. The van der Waals surface area contributed by atoms with Gasteiger partial charge in [-0.2, -0.15) is 0 Å². The number of amides is 2. The Morgan fingerprint density at radius 2 is 1.31 bits per heavy atom. The van der Waals surface area contributed by atoms with Gasteiger partial charge in [0.15, 0.2) is 0 Å². The van der Waals surface area contributed by atoms with E-state index in [1.807, 2.05) is 42.5 Å². The second kappa shape index (κ2) is 12.0. The molecule has 3 rings (SSSR count). The van der Waals surface area contributed by atoms with E-state index in [4.69, 9.17) is 9.47 Å². The first-order valence-electron chi connectivity index (χ1n) is 10.5. The van der Waals surface area contributed by atoms with Gasteiger partial charge in [0, 0.05) is 23.5 Å². The minimum atomic E-state index is -0.182. The van der Waals surface area contributed by atoms with Crippen molar-refractivity contribution in [2.24, 2.45) is 0 Å². The Kier molecular flexibility index (Phi) is 8.50. The van der Waals surface area contributed by atoms with E-state index in [1.54, 1.807) is 43.3 Å². The van der Waals surface area contributed by atoms with Crippen LogP contribution in [-0.4, -0.2) is 31.6 Å². The van der Waals surface area contributed by atoms with E-state index in [1.165, 1.54) is 0 Å². The maximum atomic E-state index is 12.2. The molecule has 0 radical (unpaired) electrons. The largest absolute Gasteiger partial charge is 0.490 e. The lowest BCUT2D eigenvalue weighted by molar-refractivity contribution is -0.116. The zero-order chi connectivity index (χ0) is 22.6. The molecule has 166 valence electrons. The van der Waals surface area contributed by atoms with Crippen molar-refractivity contribution in [1.82, 2.24) is 0 Å². The van der Waals surface area contributed by atoms with Crippen LogP contribution in [0.25, 0.3) is 0 Å². The standard InChI is InChI=1S/C25H27N3O4/c1-2-24(29)28-21-8-6-7-20(17-21)26-18-25(30)27-19-11-13-23(14-12-19)32-16-15-31-22-9-4-3-5-10-22/h3-14,17,26H,2,15-16,18H2,1H3,(H,27,30)(H,28,29). The first-order valence-corrected chi connectivity index (χ1v) is 10.5. The van der Waals surface area contributed by atoms with Gasteiger partial charge in [0.25, 0.3) is 0 Å². The van der Waals surface area contributed by atoms with Gasteiger partial charge < -0.3 is 25.4 Å². The summed E-state index contributed by atoms with van der Waals surface area (Å²) in [6.45, 7) is 2.75. The van der Waals surface area contributed by atoms with E-state index in [-0.39, 0.29) is 18.4 Å². The summed E-state index contributed by atoms with van der Waals surface area (Å²) < 4.78 is 11.2. The number of nitrogens with one attached hydrogen (secondary N) is 3. The first-order chi connectivity index (χ1) is 15.6. The Morgan fingerprint density at radius 3 is 2.00 bits per heavy atom. The molecular weight excluding hydrogens is 406 g/mol. The number of ether oxygens (including phenoxy) is 2. The van der Waals surface area contributed by atoms with E-state index in [0.717, 1.165) is 11.4 Å². The fourth-order valence-electron chi connectivity index (χ4n) is 2.81. The van der Waals surface area contributed by atoms with Crippen molar-refractivity contribution in [3.05, 3.63) is 78.9 Å². The predicted octanol–water partition coefficient (Wildman–Crippen LogP) is 4.54. The molecule has 3 aromatic carbocycles. The molecule has 2 amide bonds. The molecule has 7 heteroatoms. The van der Waals surface area contributed by atoms with E-state index in [0.29, 0.717) is 36.8 Å². The van der Waals surface area contributed by atoms with Crippen molar-refractivity contribution < 1.29 is 19.1 Å². The highest BCUT2D eigenvalue weighted by atomic mass is 16.5. The van der Waals surface area contributed by atoms with Crippen LogP contribution in [0.2, 0.25) is 0 Å². The minimum Gasteiger partial charge on any atom is -0.490 e. The second-order valence-electron chi connectivity index (χ2n) is 6.92. The van der Waals surface area contributed by atoms with Gasteiger partial charge in [-0.3, -0.25) is 9.59 Å². The van der Waals surface area contributed by atoms with E-state index in [2.05, 4.69) is 16.0 Å². The third-order valence-corrected chi connectivity index (χ3v) is 4.42. The van der Waals surface area contributed by atoms with Crippen LogP contribution in [0.1, 0.15) is 13.3 Å². The van der Waals surface area contributed by atoms with Gasteiger partial charge in [-0.15, -0.1) is 0 Å². The molecule has 0 atom stereocenters. The van der Waals surface area contributed by atoms with Crippen LogP contribution in [0.15, 0.2) is 78.9 Å². The monoisotopic (exact) mass is 433 g/mol. The highest BCUT2D eigenvalue weighted by Gasteiger charge is 2.05. The number of hydrogen-bond donors (Lipinski definition) is 3. The lowest BCUT2D eigenvalue weighted by Gasteiger charge is -2.11. The average Bonchev–Trinajstić information content (AvgIpc) is 2.82. The summed E-state index contributed by atoms with van der Waals surface area (Å²) in [4.78, 5) is 23.7. The van der Waals surface area contributed by atoms with E-state index < -0.39 is 0 Å². The Balaban J connectivity index is 1.39. The number of carbonyl (C=O) groups is 2. The fourth-order valence-corrected chi connectivity index (χ4v) is 2.81. The maximum Gasteiger partial charge on any atom is 0.243 e. The smallest absolute Gasteiger partial charge is 0.243 e. The Bertz CT molecular complexity index is 1010. The summed E-state index contributed by atoms with van der Waals surface area (Å²) in [5.41, 5.74) is 2.11. The van der Waals surface area contributed by atoms with Gasteiger partial charge in [-0.1, -0.05) is 31.2 Å². The number of hydrogen-bond acceptors (Lipinski definition) is 5. The molecule has 0 heterocycles. The van der Waals surface area contributed by atoms with E-state index >= 15 is 0 Å². The Labute approximate surface area is 187 Å². The van der Waals surface area contributed by atoms with Crippen LogP contribution >= 0.6 is 0 Å². The summed E-state index contributed by atoms with van der Waals surface area (Å²) in [6.07, 6.45) is 0.408. The molecule has 0 aliphatic heterocycles. The minimum absolute atomic E-state index is 0.0592. The summed E-state index contributed by atoms with van der Waals surface area (Å²) in [6, 6.07) is 24.0. The van der Waals surface area contributed by atoms with Crippen LogP contribution in [0.3, 0.4) is 0 Å². The van der Waals surface area contributed by atoms with Crippen molar-refractivity contribution in [3.63, 3.8) is 0 Å². The van der Waals surface area contributed by atoms with Gasteiger partial charge in [-0.25, -0.2) is 0 Å². The Hall–Kier alpha value is -4.00. The van der Waals surface area contributed by atoms with Gasteiger partial charge in [0.05, 0.1) is 6.54 Å². The third kappa shape index (κ3) is 7.68. The maximum absolute atomic E-state index is 12.2. The number of rotatable bonds is 11. The SMILES string of the molecule is CCC(=O)Nc1cccc(NCC(=O)Nc2ccc(OCCOc3ccccc3)cc2)c1. The fraction of sp³-hybridized carbons (Fsp3) is 0.200. The predicted molar refractivity (Wildman–Crippen MR) is 126 cm³/mol. The molecule has 7 nitrogen and oxygen atoms in total. The summed E-state index contributed by atoms with van der Waals surface area (Å²) in [5.74, 6) is 1.26. The number of carbonyl (C=O) groups excluding carboxylic acids is 2. The molecule has 0 saturated carbocycles. The molecule has 0 aliphatic carbocycles. The van der Waals surface area contributed by atoms with Crippen molar-refractivity contribution in [1.29, 1.82) is 0 Å². The molecule has 0 saturated heterocycles. The summed E-state index contributed by atoms with van der Waals surface area (Å²) >= 11 is 0. The zero-order valence-electron chi connectivity index (χ0n) is 18.0. The molecule has 0 aliphatic rings. The Morgan fingerprint density at radius 1 is 0.688 bits per heavy atom. The third-order valence-electron chi connectivity index (χ3n) is 4.42. The van der Waals surface area contributed by atoms with Crippen molar-refractivity contribution in [2.45, 2.75) is 13.3 Å². The van der Waals surface area contributed by atoms with Gasteiger partial charge >= 0.3 is 0 Å². The van der Waals surface area contributed by atoms with Crippen LogP contribution < -0.4 is 25.4 Å². The van der Waals surface area contributed by atoms with Crippen LogP contribution in [0.5, 0.6) is 11.5 Å². The lowest BCUT2D eigenvalue weighted by atomic mass is 10.2. The van der Waals surface area contributed by atoms with Gasteiger partial charge in [0.1, 0.15) is 24.7 Å². The molecular formula is C25H27N3O4.